The van der Waals surface area contributed by atoms with E-state index in [1.807, 2.05) is 70.7 Å². The van der Waals surface area contributed by atoms with Crippen LogP contribution in [0.1, 0.15) is 62.8 Å². The quantitative estimate of drug-likeness (QED) is 0.118. The highest BCUT2D eigenvalue weighted by Crippen LogP contribution is 2.74. The number of amides is 1. The summed E-state index contributed by atoms with van der Waals surface area (Å²) in [6, 6.07) is 14.9. The number of aromatic nitrogens is 4. The zero-order valence-electron chi connectivity index (χ0n) is 31.6. The lowest BCUT2D eigenvalue weighted by Crippen LogP contribution is -2.28. The van der Waals surface area contributed by atoms with Crippen LogP contribution in [0.5, 0.6) is 5.88 Å². The number of hydrogen-bond acceptors (Lipinski definition) is 8. The molecule has 0 saturated heterocycles. The number of imidazole rings is 1. The number of nitrogens with two attached hydrogens (primary N) is 1. The van der Waals surface area contributed by atoms with Crippen molar-refractivity contribution >= 4 is 50.0 Å². The van der Waals surface area contributed by atoms with Gasteiger partial charge >= 0.3 is 0 Å². The molecule has 0 bridgehead atoms. The third-order valence-electron chi connectivity index (χ3n) is 9.73. The number of allylic oxidation sites excluding steroid dienone is 1. The van der Waals surface area contributed by atoms with Gasteiger partial charge in [0.1, 0.15) is 23.8 Å². The van der Waals surface area contributed by atoms with Crippen molar-refractivity contribution in [3.63, 3.8) is 0 Å². The number of hydrogen-bond donors (Lipinski definition) is 3. The predicted molar refractivity (Wildman–Crippen MR) is 211 cm³/mol. The molecule has 280 valence electrons. The first-order chi connectivity index (χ1) is 25.2. The first-order valence-corrected chi connectivity index (χ1v) is 19.5. The Labute approximate surface area is 311 Å². The number of rotatable bonds is 12. The molecule has 6 rings (SSSR count). The van der Waals surface area contributed by atoms with Crippen LogP contribution in [0.2, 0.25) is 0 Å². The summed E-state index contributed by atoms with van der Waals surface area (Å²) >= 11 is 0. The number of ether oxygens (including phenoxy) is 1. The van der Waals surface area contributed by atoms with Crippen LogP contribution in [0, 0.1) is 11.6 Å². The van der Waals surface area contributed by atoms with Crippen LogP contribution in [0.15, 0.2) is 70.7 Å². The molecule has 53 heavy (non-hydrogen) atoms. The molecular formula is C40H48F2N8O2S. The molecule has 0 radical (unpaired) electrons. The third-order valence-corrected chi connectivity index (χ3v) is 14.8. The Balaban J connectivity index is 1.21. The van der Waals surface area contributed by atoms with Crippen LogP contribution in [-0.2, 0) is 17.9 Å². The Morgan fingerprint density at radius 1 is 0.906 bits per heavy atom. The van der Waals surface area contributed by atoms with Crippen LogP contribution < -0.4 is 25.6 Å². The Hall–Kier alpha value is -5.17. The first-order valence-electron chi connectivity index (χ1n) is 17.7. The molecular weight excluding hydrogens is 695 g/mol. The number of nitrogen functional groups attached to an aromatic ring is 1. The van der Waals surface area contributed by atoms with E-state index in [-0.39, 0.29) is 47.0 Å². The lowest BCUT2D eigenvalue weighted by molar-refractivity contribution is -0.121. The highest BCUT2D eigenvalue weighted by atomic mass is 32.3. The number of halogens is 2. The fraction of sp³-hybridized carbons (Fsp3) is 0.350. The molecule has 5 aromatic rings. The minimum Gasteiger partial charge on any atom is -0.471 e. The molecule has 4 N–H and O–H groups in total. The van der Waals surface area contributed by atoms with Gasteiger partial charge < -0.3 is 30.6 Å². The van der Waals surface area contributed by atoms with Gasteiger partial charge in [0.15, 0.2) is 5.65 Å². The molecule has 0 unspecified atom stereocenters. The number of benzene rings is 3. The van der Waals surface area contributed by atoms with E-state index < -0.39 is 10.0 Å². The van der Waals surface area contributed by atoms with Crippen molar-refractivity contribution in [1.82, 2.24) is 25.3 Å². The van der Waals surface area contributed by atoms with Gasteiger partial charge in [-0.15, -0.1) is 0 Å². The van der Waals surface area contributed by atoms with E-state index in [0.29, 0.717) is 41.4 Å². The minimum atomic E-state index is -1.77. The summed E-state index contributed by atoms with van der Waals surface area (Å²) in [5.41, 5.74) is 12.0. The minimum absolute atomic E-state index is 0.0792. The van der Waals surface area contributed by atoms with Crippen LogP contribution in [0.3, 0.4) is 0 Å². The van der Waals surface area contributed by atoms with E-state index in [1.54, 1.807) is 21.9 Å². The van der Waals surface area contributed by atoms with Gasteiger partial charge in [-0.05, 0) is 69.0 Å². The number of anilines is 3. The molecule has 13 heteroatoms. The topological polar surface area (TPSA) is 125 Å². The maximum Gasteiger partial charge on any atom is 0.245 e. The summed E-state index contributed by atoms with van der Waals surface area (Å²) in [5.74, 6) is -0.390. The predicted octanol–water partition coefficient (Wildman–Crippen LogP) is 7.81. The summed E-state index contributed by atoms with van der Waals surface area (Å²) in [6.45, 7) is 9.48. The van der Waals surface area contributed by atoms with Crippen LogP contribution >= 0.6 is 10.0 Å². The van der Waals surface area contributed by atoms with E-state index in [0.717, 1.165) is 37.6 Å². The number of nitrogens with zero attached hydrogens (tertiary/aromatic N) is 5. The Kier molecular flexibility index (Phi) is 10.7. The highest BCUT2D eigenvalue weighted by molar-refractivity contribution is 8.34. The van der Waals surface area contributed by atoms with Gasteiger partial charge in [-0.1, -0.05) is 58.0 Å². The standard InChI is InChI=1S/C40H48F2N8O2S/c1-23(2)53(24(3)4)34-18-32(49(5)6)30(41)16-28(34)27(29-17-31(42)33(50(7)8)19-35(29)53)10-9-11-36(51)44-20-25-12-14-26(15-13-25)21-52-39-37-38(46-22-45-37)47-40(43)48-39/h10,12-19,22-24H,9,11,20-21H2,1-8H3,(H,44,51)(H3,43,45,46,47,48). The average Bonchev–Trinajstić information content (AvgIpc) is 3.58. The van der Waals surface area contributed by atoms with Crippen molar-refractivity contribution in [3.8, 4) is 5.88 Å². The van der Waals surface area contributed by atoms with Crippen molar-refractivity contribution in [2.24, 2.45) is 0 Å². The Bertz CT molecular complexity index is 2100. The Morgan fingerprint density at radius 2 is 1.47 bits per heavy atom. The maximum absolute atomic E-state index is 15.8. The van der Waals surface area contributed by atoms with E-state index >= 15 is 8.78 Å². The molecule has 0 saturated carbocycles. The molecule has 0 aliphatic carbocycles. The average molecular weight is 743 g/mol. The fourth-order valence-corrected chi connectivity index (χ4v) is 12.3. The zero-order chi connectivity index (χ0) is 38.2. The molecule has 0 spiro atoms. The number of nitrogens with one attached hydrogen (secondary N) is 2. The number of carbonyl (C=O) groups is 1. The molecule has 1 aliphatic rings. The lowest BCUT2D eigenvalue weighted by Gasteiger charge is -2.53. The molecule has 0 atom stereocenters. The maximum atomic E-state index is 15.8. The molecule has 10 nitrogen and oxygen atoms in total. The van der Waals surface area contributed by atoms with Crippen molar-refractivity contribution in [2.75, 3.05) is 43.7 Å². The first kappa shape index (κ1) is 37.6. The monoisotopic (exact) mass is 742 g/mol. The van der Waals surface area contributed by atoms with Crippen molar-refractivity contribution in [1.29, 1.82) is 0 Å². The molecule has 2 aromatic heterocycles. The Morgan fingerprint density at radius 3 is 2.02 bits per heavy atom. The summed E-state index contributed by atoms with van der Waals surface area (Å²) < 4.78 is 37.4. The van der Waals surface area contributed by atoms with E-state index in [2.05, 4.69) is 52.9 Å². The largest absolute Gasteiger partial charge is 0.471 e. The summed E-state index contributed by atoms with van der Waals surface area (Å²) in [4.78, 5) is 34.2. The van der Waals surface area contributed by atoms with Gasteiger partial charge in [0, 0.05) is 50.9 Å². The molecule has 1 aliphatic heterocycles. The summed E-state index contributed by atoms with van der Waals surface area (Å²) in [5, 5.41) is 3.40. The van der Waals surface area contributed by atoms with E-state index in [9.17, 15) is 4.79 Å². The normalized spacial score (nSPS) is 13.8. The van der Waals surface area contributed by atoms with Crippen molar-refractivity contribution in [3.05, 3.63) is 94.8 Å². The van der Waals surface area contributed by atoms with Gasteiger partial charge in [0.2, 0.25) is 17.7 Å². The van der Waals surface area contributed by atoms with Gasteiger partial charge in [-0.25, -0.2) is 13.8 Å². The smallest absolute Gasteiger partial charge is 0.245 e. The SMILES string of the molecule is CC(C)S1(C(C)C)c2cc(N(C)C)c(F)cc2C(=CCCC(=O)NCc2ccc(COc3nc(N)nc4nc[nH]c34)cc2)c2cc(F)c(N(C)C)cc21. The van der Waals surface area contributed by atoms with Gasteiger partial charge in [-0.3, -0.25) is 4.79 Å². The van der Waals surface area contributed by atoms with E-state index in [1.165, 1.54) is 6.33 Å². The van der Waals surface area contributed by atoms with E-state index in [4.69, 9.17) is 10.5 Å². The van der Waals surface area contributed by atoms with Gasteiger partial charge in [0.25, 0.3) is 0 Å². The molecule has 0 fully saturated rings. The highest BCUT2D eigenvalue weighted by Gasteiger charge is 2.44. The summed E-state index contributed by atoms with van der Waals surface area (Å²) in [6.07, 6.45) is 4.09. The second-order valence-corrected chi connectivity index (χ2v) is 18.4. The van der Waals surface area contributed by atoms with Crippen LogP contribution in [0.4, 0.5) is 26.1 Å². The van der Waals surface area contributed by atoms with Gasteiger partial charge in [-0.2, -0.15) is 20.0 Å². The van der Waals surface area contributed by atoms with Crippen molar-refractivity contribution in [2.45, 2.75) is 74.0 Å². The van der Waals surface area contributed by atoms with Gasteiger partial charge in [0.05, 0.1) is 17.7 Å². The van der Waals surface area contributed by atoms with Crippen LogP contribution in [-0.4, -0.2) is 64.5 Å². The molecule has 1 amide bonds. The second kappa shape index (κ2) is 15.1. The third kappa shape index (κ3) is 7.14. The fourth-order valence-electron chi connectivity index (χ4n) is 7.26. The number of aromatic amines is 1. The lowest BCUT2D eigenvalue weighted by atomic mass is 9.94. The van der Waals surface area contributed by atoms with Crippen molar-refractivity contribution < 1.29 is 18.3 Å². The number of carbonyl (C=O) groups excluding carboxylic acids is 1. The summed E-state index contributed by atoms with van der Waals surface area (Å²) in [7, 11) is 5.61. The molecule has 3 aromatic carbocycles. The molecule has 3 heterocycles. The van der Waals surface area contributed by atoms with Crippen LogP contribution in [0.25, 0.3) is 16.7 Å². The zero-order valence-corrected chi connectivity index (χ0v) is 32.4. The number of fused-ring (bicyclic) bond motifs is 3. The second-order valence-electron chi connectivity index (χ2n) is 14.2. The number of H-pyrrole nitrogens is 1.